The Balaban J connectivity index is 1.97. The minimum atomic E-state index is -0.461. The van der Waals surface area contributed by atoms with Crippen molar-refractivity contribution in [3.8, 4) is 0 Å². The molecule has 5 heteroatoms. The largest absolute Gasteiger partial charge is 0.493 e. The molecular formula is C11H18N2O3. The average molecular weight is 226 g/mol. The Bertz CT molecular complexity index is 320. The SMILES string of the molecule is CC(C)(C)OC(=O)N1C=C2OCCN[C@@H]2C1. The molecule has 0 radical (unpaired) electrons. The molecule has 16 heavy (non-hydrogen) atoms. The number of hydrogen-bond donors (Lipinski definition) is 1. The van der Waals surface area contributed by atoms with E-state index in [-0.39, 0.29) is 12.1 Å². The summed E-state index contributed by atoms with van der Waals surface area (Å²) in [6, 6.07) is 0.126. The second-order valence-electron chi connectivity index (χ2n) is 5.02. The van der Waals surface area contributed by atoms with E-state index in [0.717, 1.165) is 12.3 Å². The monoisotopic (exact) mass is 226 g/mol. The van der Waals surface area contributed by atoms with Gasteiger partial charge in [0.2, 0.25) is 0 Å². The maximum atomic E-state index is 11.8. The van der Waals surface area contributed by atoms with Crippen LogP contribution in [0, 0.1) is 0 Å². The zero-order valence-electron chi connectivity index (χ0n) is 9.95. The predicted molar refractivity (Wildman–Crippen MR) is 58.8 cm³/mol. The van der Waals surface area contributed by atoms with Gasteiger partial charge in [-0.05, 0) is 20.8 Å². The van der Waals surface area contributed by atoms with E-state index < -0.39 is 5.60 Å². The lowest BCUT2D eigenvalue weighted by atomic mass is 10.2. The van der Waals surface area contributed by atoms with Crippen LogP contribution in [0.5, 0.6) is 0 Å². The molecule has 5 nitrogen and oxygen atoms in total. The Morgan fingerprint density at radius 2 is 2.38 bits per heavy atom. The molecular weight excluding hydrogens is 208 g/mol. The molecule has 0 aromatic rings. The van der Waals surface area contributed by atoms with E-state index in [4.69, 9.17) is 9.47 Å². The van der Waals surface area contributed by atoms with Crippen molar-refractivity contribution in [1.82, 2.24) is 10.2 Å². The Labute approximate surface area is 95.4 Å². The van der Waals surface area contributed by atoms with Crippen LogP contribution in [0.2, 0.25) is 0 Å². The molecule has 0 aromatic heterocycles. The lowest BCUT2D eigenvalue weighted by molar-refractivity contribution is 0.0342. The summed E-state index contributed by atoms with van der Waals surface area (Å²) in [4.78, 5) is 13.3. The molecule has 1 fully saturated rings. The van der Waals surface area contributed by atoms with Crippen LogP contribution < -0.4 is 5.32 Å². The molecule has 1 atom stereocenters. The molecule has 1 saturated heterocycles. The van der Waals surface area contributed by atoms with Crippen molar-refractivity contribution in [2.24, 2.45) is 0 Å². The summed E-state index contributed by atoms with van der Waals surface area (Å²) in [6.07, 6.45) is 1.41. The highest BCUT2D eigenvalue weighted by atomic mass is 16.6. The number of hydrogen-bond acceptors (Lipinski definition) is 4. The van der Waals surface area contributed by atoms with Gasteiger partial charge < -0.3 is 14.8 Å². The van der Waals surface area contributed by atoms with Gasteiger partial charge in [-0.2, -0.15) is 0 Å². The van der Waals surface area contributed by atoms with Crippen LogP contribution in [-0.2, 0) is 9.47 Å². The number of carbonyl (C=O) groups excluding carboxylic acids is 1. The number of fused-ring (bicyclic) bond motifs is 1. The number of nitrogens with one attached hydrogen (secondary N) is 1. The maximum Gasteiger partial charge on any atom is 0.414 e. The molecule has 1 N–H and O–H groups in total. The van der Waals surface area contributed by atoms with Crippen LogP contribution in [0.25, 0.3) is 0 Å². The minimum absolute atomic E-state index is 0.126. The van der Waals surface area contributed by atoms with Gasteiger partial charge in [0.1, 0.15) is 18.0 Å². The molecule has 2 rings (SSSR count). The van der Waals surface area contributed by atoms with Gasteiger partial charge in [0.15, 0.2) is 0 Å². The second kappa shape index (κ2) is 3.97. The topological polar surface area (TPSA) is 50.8 Å². The molecule has 0 unspecified atom stereocenters. The summed E-state index contributed by atoms with van der Waals surface area (Å²) in [5.41, 5.74) is -0.461. The predicted octanol–water partition coefficient (Wildman–Crippen LogP) is 1.07. The van der Waals surface area contributed by atoms with E-state index >= 15 is 0 Å². The van der Waals surface area contributed by atoms with Crippen molar-refractivity contribution in [1.29, 1.82) is 0 Å². The normalized spacial score (nSPS) is 24.6. The van der Waals surface area contributed by atoms with Crippen LogP contribution in [0.1, 0.15) is 20.8 Å². The van der Waals surface area contributed by atoms with E-state index in [1.54, 1.807) is 11.1 Å². The summed E-state index contributed by atoms with van der Waals surface area (Å²) in [5.74, 6) is 0.831. The number of rotatable bonds is 0. The number of carbonyl (C=O) groups is 1. The van der Waals surface area contributed by atoms with Crippen molar-refractivity contribution >= 4 is 6.09 Å². The van der Waals surface area contributed by atoms with E-state index in [2.05, 4.69) is 5.32 Å². The van der Waals surface area contributed by atoms with Gasteiger partial charge in [0.25, 0.3) is 0 Å². The van der Waals surface area contributed by atoms with Crippen LogP contribution in [0.4, 0.5) is 4.79 Å². The average Bonchev–Trinajstić information content (AvgIpc) is 2.58. The zero-order valence-corrected chi connectivity index (χ0v) is 9.95. The molecule has 2 aliphatic heterocycles. The van der Waals surface area contributed by atoms with Gasteiger partial charge in [-0.25, -0.2) is 4.79 Å². The molecule has 0 spiro atoms. The fourth-order valence-electron chi connectivity index (χ4n) is 1.74. The number of nitrogens with zero attached hydrogens (tertiary/aromatic N) is 1. The Morgan fingerprint density at radius 1 is 1.62 bits per heavy atom. The first kappa shape index (κ1) is 11.3. The smallest absolute Gasteiger partial charge is 0.414 e. The van der Waals surface area contributed by atoms with Crippen LogP contribution in [0.15, 0.2) is 12.0 Å². The fourth-order valence-corrected chi connectivity index (χ4v) is 1.74. The molecule has 0 aliphatic carbocycles. The molecule has 0 saturated carbocycles. The Hall–Kier alpha value is -1.23. The van der Waals surface area contributed by atoms with Gasteiger partial charge in [-0.1, -0.05) is 0 Å². The van der Waals surface area contributed by atoms with Crippen LogP contribution in [0.3, 0.4) is 0 Å². The van der Waals surface area contributed by atoms with E-state index in [1.807, 2.05) is 20.8 Å². The van der Waals surface area contributed by atoms with E-state index in [0.29, 0.717) is 13.2 Å². The summed E-state index contributed by atoms with van der Waals surface area (Å²) in [7, 11) is 0. The fraction of sp³-hybridized carbons (Fsp3) is 0.727. The third kappa shape index (κ3) is 2.47. The van der Waals surface area contributed by atoms with Crippen molar-refractivity contribution in [2.75, 3.05) is 19.7 Å². The first-order valence-electron chi connectivity index (χ1n) is 5.53. The highest BCUT2D eigenvalue weighted by molar-refractivity contribution is 5.70. The number of ether oxygens (including phenoxy) is 2. The van der Waals surface area contributed by atoms with Gasteiger partial charge >= 0.3 is 6.09 Å². The Kier molecular flexibility index (Phi) is 2.80. The second-order valence-corrected chi connectivity index (χ2v) is 5.02. The summed E-state index contributed by atoms with van der Waals surface area (Å²) in [5, 5.41) is 3.29. The first-order chi connectivity index (χ1) is 7.46. The molecule has 90 valence electrons. The maximum absolute atomic E-state index is 11.8. The molecule has 0 aromatic carbocycles. The molecule has 1 amide bonds. The van der Waals surface area contributed by atoms with E-state index in [9.17, 15) is 4.79 Å². The van der Waals surface area contributed by atoms with E-state index in [1.165, 1.54) is 0 Å². The highest BCUT2D eigenvalue weighted by Gasteiger charge is 2.33. The number of amides is 1. The Morgan fingerprint density at radius 3 is 3.00 bits per heavy atom. The van der Waals surface area contributed by atoms with Gasteiger partial charge in [0.05, 0.1) is 12.6 Å². The third-order valence-corrected chi connectivity index (χ3v) is 2.40. The van der Waals surface area contributed by atoms with Gasteiger partial charge in [0, 0.05) is 12.7 Å². The standard InChI is InChI=1S/C11H18N2O3/c1-11(2,3)16-10(14)13-6-8-9(7-13)15-5-4-12-8/h7-8,12H,4-6H2,1-3H3/t8-/m1/s1. The van der Waals surface area contributed by atoms with Crippen molar-refractivity contribution < 1.29 is 14.3 Å². The van der Waals surface area contributed by atoms with Crippen molar-refractivity contribution in [3.63, 3.8) is 0 Å². The van der Waals surface area contributed by atoms with Crippen molar-refractivity contribution in [2.45, 2.75) is 32.4 Å². The lowest BCUT2D eigenvalue weighted by Crippen LogP contribution is -2.43. The summed E-state index contributed by atoms with van der Waals surface area (Å²) < 4.78 is 10.7. The van der Waals surface area contributed by atoms with Crippen molar-refractivity contribution in [3.05, 3.63) is 12.0 Å². The first-order valence-corrected chi connectivity index (χ1v) is 5.53. The number of morpholine rings is 1. The molecule has 2 heterocycles. The lowest BCUT2D eigenvalue weighted by Gasteiger charge is -2.24. The van der Waals surface area contributed by atoms with Gasteiger partial charge in [-0.15, -0.1) is 0 Å². The quantitative estimate of drug-likeness (QED) is 0.671. The third-order valence-electron chi connectivity index (χ3n) is 2.40. The summed E-state index contributed by atoms with van der Waals surface area (Å²) >= 11 is 0. The highest BCUT2D eigenvalue weighted by Crippen LogP contribution is 2.21. The minimum Gasteiger partial charge on any atom is -0.493 e. The zero-order chi connectivity index (χ0) is 11.8. The summed E-state index contributed by atoms with van der Waals surface area (Å²) in [6.45, 7) is 7.64. The van der Waals surface area contributed by atoms with Crippen LogP contribution >= 0.6 is 0 Å². The molecule has 0 bridgehead atoms. The van der Waals surface area contributed by atoms with Crippen LogP contribution in [-0.4, -0.2) is 42.3 Å². The van der Waals surface area contributed by atoms with Gasteiger partial charge in [-0.3, -0.25) is 4.90 Å². The molecule has 2 aliphatic rings.